The van der Waals surface area contributed by atoms with Gasteiger partial charge in [-0.05, 0) is 114 Å². The number of fused-ring (bicyclic) bond motifs is 10. The Morgan fingerprint density at radius 3 is 1.77 bits per heavy atom. The molecule has 10 aromatic rings. The minimum absolute atomic E-state index is 0.543. The van der Waals surface area contributed by atoms with E-state index in [1.165, 1.54) is 86.6 Å². The highest BCUT2D eigenvalue weighted by atomic mass is 32.2. The third kappa shape index (κ3) is 4.72. The largest absolute Gasteiger partial charge is 0.310 e. The highest BCUT2D eigenvalue weighted by molar-refractivity contribution is 7.99. The summed E-state index contributed by atoms with van der Waals surface area (Å²) in [7, 11) is 0. The first-order valence-electron chi connectivity index (χ1n) is 19.7. The summed E-state index contributed by atoms with van der Waals surface area (Å²) in [5.41, 5.74) is 13.1. The van der Waals surface area contributed by atoms with Gasteiger partial charge in [0.15, 0.2) is 0 Å². The molecule has 0 radical (unpaired) electrons. The quantitative estimate of drug-likeness (QED) is 0.177. The Hall–Kier alpha value is -6.87. The van der Waals surface area contributed by atoms with Crippen LogP contribution in [-0.2, 0) is 5.41 Å². The molecule has 1 spiro atoms. The molecule has 0 saturated carbocycles. The molecule has 266 valence electrons. The van der Waals surface area contributed by atoms with Gasteiger partial charge in [-0.3, -0.25) is 0 Å². The summed E-state index contributed by atoms with van der Waals surface area (Å²) < 4.78 is 0. The second kappa shape index (κ2) is 12.6. The normalized spacial score (nSPS) is 13.3. The lowest BCUT2D eigenvalue weighted by Gasteiger charge is -2.46. The van der Waals surface area contributed by atoms with Crippen molar-refractivity contribution in [3.8, 4) is 22.3 Å². The maximum Gasteiger partial charge on any atom is 0.0736 e. The van der Waals surface area contributed by atoms with Crippen molar-refractivity contribution < 1.29 is 0 Å². The molecule has 0 atom stereocenters. The molecule has 0 N–H and O–H groups in total. The van der Waals surface area contributed by atoms with Crippen molar-refractivity contribution in [3.05, 3.63) is 235 Å². The van der Waals surface area contributed by atoms with Crippen LogP contribution in [0.15, 0.2) is 222 Å². The predicted octanol–water partition coefficient (Wildman–Crippen LogP) is 15.1. The zero-order valence-corrected chi connectivity index (χ0v) is 31.9. The van der Waals surface area contributed by atoms with Crippen LogP contribution in [-0.4, -0.2) is 0 Å². The number of hydrogen-bond acceptors (Lipinski definition) is 2. The van der Waals surface area contributed by atoms with Crippen molar-refractivity contribution >= 4 is 61.1 Å². The standard InChI is InChI=1S/C55H35NS/c1-2-16-39(17-3-1)54-43-21-7-6-15-37(43)29-33-50(54)56(41-30-28-36-14-4-5-18-40(36)34-41)42-31-32-44-45-22-12-19-38-20-13-25-48(53(38)45)55(49(44)35-42)46-23-8-10-26-51(46)57-52-27-11-9-24-47(52)55/h1-35H. The molecule has 10 aromatic carbocycles. The first-order valence-corrected chi connectivity index (χ1v) is 20.5. The summed E-state index contributed by atoms with van der Waals surface area (Å²) in [6.07, 6.45) is 0. The second-order valence-electron chi connectivity index (χ2n) is 15.2. The average Bonchev–Trinajstić information content (AvgIpc) is 3.28. The van der Waals surface area contributed by atoms with Crippen molar-refractivity contribution in [1.29, 1.82) is 0 Å². The third-order valence-electron chi connectivity index (χ3n) is 12.3. The molecule has 1 nitrogen and oxygen atoms in total. The minimum Gasteiger partial charge on any atom is -0.310 e. The van der Waals surface area contributed by atoms with Crippen LogP contribution in [0.25, 0.3) is 54.6 Å². The van der Waals surface area contributed by atoms with Gasteiger partial charge in [0.05, 0.1) is 11.1 Å². The molecule has 0 bridgehead atoms. The van der Waals surface area contributed by atoms with Crippen molar-refractivity contribution in [3.63, 3.8) is 0 Å². The highest BCUT2D eigenvalue weighted by Crippen LogP contribution is 2.62. The van der Waals surface area contributed by atoms with E-state index < -0.39 is 5.41 Å². The van der Waals surface area contributed by atoms with E-state index in [4.69, 9.17) is 0 Å². The van der Waals surface area contributed by atoms with Crippen LogP contribution in [0.4, 0.5) is 17.1 Å². The lowest BCUT2D eigenvalue weighted by Crippen LogP contribution is -2.36. The summed E-state index contributed by atoms with van der Waals surface area (Å²) in [5, 5.41) is 7.50. The van der Waals surface area contributed by atoms with Gasteiger partial charge in [-0.25, -0.2) is 0 Å². The lowest BCUT2D eigenvalue weighted by molar-refractivity contribution is 0.707. The molecule has 1 heterocycles. The van der Waals surface area contributed by atoms with Crippen LogP contribution < -0.4 is 4.90 Å². The van der Waals surface area contributed by atoms with Gasteiger partial charge in [-0.15, -0.1) is 0 Å². The van der Waals surface area contributed by atoms with E-state index in [2.05, 4.69) is 217 Å². The topological polar surface area (TPSA) is 3.24 Å². The summed E-state index contributed by atoms with van der Waals surface area (Å²) in [6.45, 7) is 0. The lowest BCUT2D eigenvalue weighted by atomic mass is 9.59. The van der Waals surface area contributed by atoms with Crippen molar-refractivity contribution in [2.24, 2.45) is 0 Å². The van der Waals surface area contributed by atoms with Gasteiger partial charge in [0.2, 0.25) is 0 Å². The van der Waals surface area contributed by atoms with E-state index in [1.54, 1.807) is 0 Å². The van der Waals surface area contributed by atoms with Gasteiger partial charge < -0.3 is 4.90 Å². The van der Waals surface area contributed by atoms with Crippen LogP contribution in [0.3, 0.4) is 0 Å². The first-order chi connectivity index (χ1) is 28.3. The summed E-state index contributed by atoms with van der Waals surface area (Å²) >= 11 is 1.89. The molecule has 0 fully saturated rings. The zero-order valence-electron chi connectivity index (χ0n) is 31.1. The third-order valence-corrected chi connectivity index (χ3v) is 13.4. The number of anilines is 3. The van der Waals surface area contributed by atoms with E-state index >= 15 is 0 Å². The highest BCUT2D eigenvalue weighted by Gasteiger charge is 2.48. The van der Waals surface area contributed by atoms with E-state index in [1.807, 2.05) is 11.8 Å². The van der Waals surface area contributed by atoms with E-state index in [0.29, 0.717) is 0 Å². The molecule has 0 saturated heterocycles. The Morgan fingerprint density at radius 2 is 0.965 bits per heavy atom. The monoisotopic (exact) mass is 741 g/mol. The molecule has 0 amide bonds. The van der Waals surface area contributed by atoms with Crippen LogP contribution in [0, 0.1) is 0 Å². The molecule has 1 aliphatic carbocycles. The Bertz CT molecular complexity index is 3180. The van der Waals surface area contributed by atoms with E-state index in [9.17, 15) is 0 Å². The molecule has 0 unspecified atom stereocenters. The Morgan fingerprint density at radius 1 is 0.368 bits per heavy atom. The van der Waals surface area contributed by atoms with Crippen LogP contribution >= 0.6 is 11.8 Å². The summed E-state index contributed by atoms with van der Waals surface area (Å²) in [6, 6.07) is 79.1. The molecule has 2 heteroatoms. The fraction of sp³-hybridized carbons (Fsp3) is 0.0182. The van der Waals surface area contributed by atoms with E-state index in [0.717, 1.165) is 17.1 Å². The number of rotatable bonds is 4. The smallest absolute Gasteiger partial charge is 0.0736 e. The first kappa shape index (κ1) is 32.4. The van der Waals surface area contributed by atoms with Gasteiger partial charge in [0.25, 0.3) is 0 Å². The summed E-state index contributed by atoms with van der Waals surface area (Å²) in [4.78, 5) is 5.11. The fourth-order valence-electron chi connectivity index (χ4n) is 9.91. The maximum atomic E-state index is 2.52. The molecule has 2 aliphatic rings. The summed E-state index contributed by atoms with van der Waals surface area (Å²) in [5.74, 6) is 0. The maximum absolute atomic E-state index is 2.52. The number of hydrogen-bond donors (Lipinski definition) is 0. The van der Waals surface area contributed by atoms with Crippen LogP contribution in [0.5, 0.6) is 0 Å². The van der Waals surface area contributed by atoms with Crippen LogP contribution in [0.2, 0.25) is 0 Å². The Balaban J connectivity index is 1.22. The Labute approximate surface area is 336 Å². The predicted molar refractivity (Wildman–Crippen MR) is 241 cm³/mol. The zero-order chi connectivity index (χ0) is 37.5. The van der Waals surface area contributed by atoms with Gasteiger partial charge in [-0.2, -0.15) is 0 Å². The Kier molecular flexibility index (Phi) is 7.14. The molecule has 12 rings (SSSR count). The molecule has 1 aliphatic heterocycles. The SMILES string of the molecule is c1ccc(-c2c(N(c3ccc4c(c3)C3(c5ccccc5Sc5ccccc53)c3cccc5cccc-4c35)c3ccc4ccccc4c3)ccc3ccccc23)cc1. The minimum atomic E-state index is -0.543. The van der Waals surface area contributed by atoms with Gasteiger partial charge >= 0.3 is 0 Å². The molecular formula is C55H35NS. The number of benzene rings is 10. The van der Waals surface area contributed by atoms with Crippen molar-refractivity contribution in [1.82, 2.24) is 0 Å². The van der Waals surface area contributed by atoms with Gasteiger partial charge in [-0.1, -0.05) is 182 Å². The molecule has 57 heavy (non-hydrogen) atoms. The van der Waals surface area contributed by atoms with Crippen molar-refractivity contribution in [2.45, 2.75) is 15.2 Å². The second-order valence-corrected chi connectivity index (χ2v) is 16.3. The van der Waals surface area contributed by atoms with Gasteiger partial charge in [0.1, 0.15) is 0 Å². The molecular weight excluding hydrogens is 707 g/mol. The number of nitrogens with zero attached hydrogens (tertiary/aromatic N) is 1. The van der Waals surface area contributed by atoms with Crippen molar-refractivity contribution in [2.75, 3.05) is 4.90 Å². The van der Waals surface area contributed by atoms with Crippen LogP contribution in [0.1, 0.15) is 22.3 Å². The van der Waals surface area contributed by atoms with Gasteiger partial charge in [0, 0.05) is 26.7 Å². The fourth-order valence-corrected chi connectivity index (χ4v) is 11.1. The average molecular weight is 742 g/mol. The molecule has 0 aromatic heterocycles. The van der Waals surface area contributed by atoms with E-state index in [-0.39, 0.29) is 0 Å².